The Balaban J connectivity index is 1.83. The van der Waals surface area contributed by atoms with E-state index < -0.39 is 17.4 Å². The van der Waals surface area contributed by atoms with Gasteiger partial charge >= 0.3 is 0 Å². The van der Waals surface area contributed by atoms with Gasteiger partial charge in [0.1, 0.15) is 17.5 Å². The highest BCUT2D eigenvalue weighted by Gasteiger charge is 2.14. The first-order chi connectivity index (χ1) is 12.9. The number of carbonyl (C=O) groups excluding carboxylic acids is 2. The number of pyridine rings is 2. The Morgan fingerprint density at radius 2 is 1.85 bits per heavy atom. The molecule has 1 N–H and O–H groups in total. The predicted molar refractivity (Wildman–Crippen MR) is 96.2 cm³/mol. The molecule has 7 heteroatoms. The second-order valence-corrected chi connectivity index (χ2v) is 5.92. The minimum atomic E-state index is -0.891. The summed E-state index contributed by atoms with van der Waals surface area (Å²) in [7, 11) is 0. The maximum atomic E-state index is 13.8. The van der Waals surface area contributed by atoms with Crippen molar-refractivity contribution in [3.63, 3.8) is 0 Å². The maximum absolute atomic E-state index is 13.8. The van der Waals surface area contributed by atoms with Crippen LogP contribution in [0.4, 0.5) is 14.6 Å². The van der Waals surface area contributed by atoms with Crippen LogP contribution in [0.25, 0.3) is 11.1 Å². The SMILES string of the molecule is CC(=O)Nc1cc(-c2cncc(CC(=O)c3ccc(F)cc3F)c2)ccn1. The fourth-order valence-electron chi connectivity index (χ4n) is 2.60. The average Bonchev–Trinajstić information content (AvgIpc) is 2.61. The van der Waals surface area contributed by atoms with Gasteiger partial charge in [0.25, 0.3) is 0 Å². The number of halogens is 2. The van der Waals surface area contributed by atoms with Gasteiger partial charge in [-0.2, -0.15) is 0 Å². The highest BCUT2D eigenvalue weighted by atomic mass is 19.1. The molecule has 0 saturated heterocycles. The first-order valence-corrected chi connectivity index (χ1v) is 8.08. The number of benzene rings is 1. The van der Waals surface area contributed by atoms with Gasteiger partial charge in [-0.05, 0) is 41.5 Å². The molecule has 27 heavy (non-hydrogen) atoms. The van der Waals surface area contributed by atoms with Crippen LogP contribution in [0.2, 0.25) is 0 Å². The highest BCUT2D eigenvalue weighted by molar-refractivity contribution is 5.97. The van der Waals surface area contributed by atoms with Gasteiger partial charge in [0.15, 0.2) is 5.78 Å². The van der Waals surface area contributed by atoms with Crippen LogP contribution in [0.5, 0.6) is 0 Å². The Labute approximate surface area is 154 Å². The standard InChI is InChI=1S/C20H15F2N3O2/c1-12(26)25-20-8-14(4-5-24-20)15-6-13(10-23-11-15)7-19(27)17-3-2-16(21)9-18(17)22/h2-6,8-11H,7H2,1H3,(H,24,25,26). The highest BCUT2D eigenvalue weighted by Crippen LogP contribution is 2.22. The number of nitrogens with one attached hydrogen (secondary N) is 1. The molecule has 0 spiro atoms. The third kappa shape index (κ3) is 4.58. The van der Waals surface area contributed by atoms with E-state index in [-0.39, 0.29) is 17.9 Å². The van der Waals surface area contributed by atoms with E-state index in [2.05, 4.69) is 15.3 Å². The van der Waals surface area contributed by atoms with E-state index in [9.17, 15) is 18.4 Å². The third-order valence-electron chi connectivity index (χ3n) is 3.79. The van der Waals surface area contributed by atoms with E-state index in [0.29, 0.717) is 23.0 Å². The summed E-state index contributed by atoms with van der Waals surface area (Å²) in [6.07, 6.45) is 4.59. The molecule has 0 bridgehead atoms. The Morgan fingerprint density at radius 3 is 2.59 bits per heavy atom. The summed E-state index contributed by atoms with van der Waals surface area (Å²) in [6, 6.07) is 8.04. The van der Waals surface area contributed by atoms with E-state index in [1.807, 2.05) is 0 Å². The fourth-order valence-corrected chi connectivity index (χ4v) is 2.60. The summed E-state index contributed by atoms with van der Waals surface area (Å²) >= 11 is 0. The number of rotatable bonds is 5. The van der Waals surface area contributed by atoms with E-state index >= 15 is 0 Å². The molecule has 1 amide bonds. The molecular weight excluding hydrogens is 352 g/mol. The molecule has 0 fully saturated rings. The second-order valence-electron chi connectivity index (χ2n) is 5.92. The Hall–Kier alpha value is -3.48. The molecule has 2 aromatic heterocycles. The van der Waals surface area contributed by atoms with E-state index in [1.54, 1.807) is 30.6 Å². The predicted octanol–water partition coefficient (Wildman–Crippen LogP) is 3.81. The maximum Gasteiger partial charge on any atom is 0.222 e. The van der Waals surface area contributed by atoms with Crippen LogP contribution in [-0.4, -0.2) is 21.7 Å². The van der Waals surface area contributed by atoms with Crippen molar-refractivity contribution < 1.29 is 18.4 Å². The molecule has 1 aromatic carbocycles. The lowest BCUT2D eigenvalue weighted by molar-refractivity contribution is -0.114. The molecule has 2 heterocycles. The Morgan fingerprint density at radius 1 is 1.04 bits per heavy atom. The molecule has 136 valence electrons. The molecule has 0 aliphatic rings. The normalized spacial score (nSPS) is 10.5. The van der Waals surface area contributed by atoms with Gasteiger partial charge in [0, 0.05) is 43.6 Å². The summed E-state index contributed by atoms with van der Waals surface area (Å²) in [6.45, 7) is 1.39. The Bertz CT molecular complexity index is 1020. The second kappa shape index (κ2) is 7.82. The van der Waals surface area contributed by atoms with Crippen molar-refractivity contribution in [2.45, 2.75) is 13.3 Å². The van der Waals surface area contributed by atoms with Crippen LogP contribution < -0.4 is 5.32 Å². The molecule has 0 atom stereocenters. The molecule has 0 unspecified atom stereocenters. The van der Waals surface area contributed by atoms with Crippen LogP contribution in [0.3, 0.4) is 0 Å². The number of hydrogen-bond acceptors (Lipinski definition) is 4. The lowest BCUT2D eigenvalue weighted by Gasteiger charge is -2.07. The van der Waals surface area contributed by atoms with Gasteiger partial charge in [0.2, 0.25) is 5.91 Å². The number of amides is 1. The van der Waals surface area contributed by atoms with Gasteiger partial charge in [-0.1, -0.05) is 0 Å². The lowest BCUT2D eigenvalue weighted by Crippen LogP contribution is -2.07. The number of anilines is 1. The van der Waals surface area contributed by atoms with Crippen LogP contribution >= 0.6 is 0 Å². The van der Waals surface area contributed by atoms with Gasteiger partial charge in [-0.25, -0.2) is 13.8 Å². The van der Waals surface area contributed by atoms with Crippen LogP contribution in [-0.2, 0) is 11.2 Å². The van der Waals surface area contributed by atoms with Crippen molar-refractivity contribution in [2.75, 3.05) is 5.32 Å². The van der Waals surface area contributed by atoms with E-state index in [0.717, 1.165) is 17.7 Å². The molecule has 0 radical (unpaired) electrons. The van der Waals surface area contributed by atoms with E-state index in [4.69, 9.17) is 0 Å². The number of carbonyl (C=O) groups is 2. The van der Waals surface area contributed by atoms with Crippen LogP contribution in [0.15, 0.2) is 55.0 Å². The molecule has 3 aromatic rings. The summed E-state index contributed by atoms with van der Waals surface area (Å²) in [5.41, 5.74) is 1.88. The minimum absolute atomic E-state index is 0.0764. The molecule has 3 rings (SSSR count). The number of aromatic nitrogens is 2. The fraction of sp³-hybridized carbons (Fsp3) is 0.100. The summed E-state index contributed by atoms with van der Waals surface area (Å²) in [4.78, 5) is 31.7. The van der Waals surface area contributed by atoms with Crippen molar-refractivity contribution in [2.24, 2.45) is 0 Å². The monoisotopic (exact) mass is 367 g/mol. The first-order valence-electron chi connectivity index (χ1n) is 8.08. The first kappa shape index (κ1) is 18.3. The van der Waals surface area contributed by atoms with Crippen LogP contribution in [0, 0.1) is 11.6 Å². The summed E-state index contributed by atoms with van der Waals surface area (Å²) < 4.78 is 26.8. The zero-order valence-electron chi connectivity index (χ0n) is 14.4. The molecule has 0 aliphatic carbocycles. The minimum Gasteiger partial charge on any atom is -0.311 e. The van der Waals surface area contributed by atoms with Gasteiger partial charge < -0.3 is 5.32 Å². The van der Waals surface area contributed by atoms with Crippen molar-refractivity contribution in [3.8, 4) is 11.1 Å². The lowest BCUT2D eigenvalue weighted by atomic mass is 10.0. The quantitative estimate of drug-likeness (QED) is 0.696. The number of hydrogen-bond donors (Lipinski definition) is 1. The average molecular weight is 367 g/mol. The van der Waals surface area contributed by atoms with Gasteiger partial charge in [-0.15, -0.1) is 0 Å². The van der Waals surface area contributed by atoms with Crippen LogP contribution in [0.1, 0.15) is 22.8 Å². The third-order valence-corrected chi connectivity index (χ3v) is 3.79. The van der Waals surface area contributed by atoms with Crippen molar-refractivity contribution >= 4 is 17.5 Å². The smallest absolute Gasteiger partial charge is 0.222 e. The van der Waals surface area contributed by atoms with Crippen molar-refractivity contribution in [1.29, 1.82) is 0 Å². The Kier molecular flexibility index (Phi) is 5.30. The number of ketones is 1. The largest absolute Gasteiger partial charge is 0.311 e. The molecular formula is C20H15F2N3O2. The molecule has 5 nitrogen and oxygen atoms in total. The van der Waals surface area contributed by atoms with Gasteiger partial charge in [-0.3, -0.25) is 14.6 Å². The van der Waals surface area contributed by atoms with E-state index in [1.165, 1.54) is 13.1 Å². The molecule has 0 saturated carbocycles. The number of Topliss-reactive ketones (excluding diaryl/α,β-unsaturated/α-hetero) is 1. The number of nitrogens with zero attached hydrogens (tertiary/aromatic N) is 2. The molecule has 0 aliphatic heterocycles. The van der Waals surface area contributed by atoms with Crippen molar-refractivity contribution in [3.05, 3.63) is 77.8 Å². The summed E-state index contributed by atoms with van der Waals surface area (Å²) in [5.74, 6) is -1.94. The summed E-state index contributed by atoms with van der Waals surface area (Å²) in [5, 5.41) is 2.60. The topological polar surface area (TPSA) is 72.0 Å². The zero-order valence-corrected chi connectivity index (χ0v) is 14.4. The van der Waals surface area contributed by atoms with Gasteiger partial charge in [0.05, 0.1) is 5.56 Å². The zero-order chi connectivity index (χ0) is 19.4. The van der Waals surface area contributed by atoms with Crippen molar-refractivity contribution in [1.82, 2.24) is 9.97 Å².